The quantitative estimate of drug-likeness (QED) is 0.237. The van der Waals surface area contributed by atoms with Crippen molar-refractivity contribution in [3.05, 3.63) is 0 Å². The molecule has 3 heteroatoms. The number of ether oxygens (including phenoxy) is 3. The van der Waals surface area contributed by atoms with Gasteiger partial charge in [0.2, 0.25) is 0 Å². The molecule has 0 amide bonds. The minimum Gasteiger partial charge on any atom is -0.378 e. The zero-order valence-electron chi connectivity index (χ0n) is 20.5. The SMILES string of the molecule is CCCCCCCCOC1CCC(C2CCC(OCC(C)OCCCC)CC2)CC1. The summed E-state index contributed by atoms with van der Waals surface area (Å²) in [5.74, 6) is 1.87. The molecule has 0 bridgehead atoms. The lowest BCUT2D eigenvalue weighted by Gasteiger charge is -2.38. The first-order valence-corrected chi connectivity index (χ1v) is 13.6. The summed E-state index contributed by atoms with van der Waals surface area (Å²) in [6, 6.07) is 0. The molecule has 1 unspecified atom stereocenters. The summed E-state index contributed by atoms with van der Waals surface area (Å²) in [7, 11) is 0. The Hall–Kier alpha value is -0.120. The van der Waals surface area contributed by atoms with Gasteiger partial charge in [0.15, 0.2) is 0 Å². The van der Waals surface area contributed by atoms with E-state index in [0.29, 0.717) is 12.2 Å². The minimum absolute atomic E-state index is 0.237. The zero-order valence-corrected chi connectivity index (χ0v) is 20.5. The summed E-state index contributed by atoms with van der Waals surface area (Å²) < 4.78 is 18.2. The minimum atomic E-state index is 0.237. The van der Waals surface area contributed by atoms with Gasteiger partial charge in [0.05, 0.1) is 24.9 Å². The molecular formula is C27H52O3. The fourth-order valence-electron chi connectivity index (χ4n) is 5.33. The van der Waals surface area contributed by atoms with Gasteiger partial charge in [-0.1, -0.05) is 52.4 Å². The van der Waals surface area contributed by atoms with Crippen LogP contribution in [0.4, 0.5) is 0 Å². The van der Waals surface area contributed by atoms with E-state index >= 15 is 0 Å². The van der Waals surface area contributed by atoms with E-state index in [2.05, 4.69) is 20.8 Å². The molecule has 0 radical (unpaired) electrons. The van der Waals surface area contributed by atoms with Gasteiger partial charge in [0.25, 0.3) is 0 Å². The van der Waals surface area contributed by atoms with Gasteiger partial charge in [-0.2, -0.15) is 0 Å². The standard InChI is InChI=1S/C27H52O3/c1-4-6-8-9-10-11-21-29-26-16-12-24(13-17-26)25-14-18-27(19-15-25)30-22-23(3)28-20-7-5-2/h23-27H,4-22H2,1-3H3. The van der Waals surface area contributed by atoms with Gasteiger partial charge in [-0.3, -0.25) is 0 Å². The molecule has 0 spiro atoms. The molecule has 2 fully saturated rings. The fourth-order valence-corrected chi connectivity index (χ4v) is 5.33. The van der Waals surface area contributed by atoms with Crippen LogP contribution < -0.4 is 0 Å². The van der Waals surface area contributed by atoms with Gasteiger partial charge in [-0.25, -0.2) is 0 Å². The van der Waals surface area contributed by atoms with Crippen LogP contribution in [0.3, 0.4) is 0 Å². The van der Waals surface area contributed by atoms with Crippen molar-refractivity contribution in [2.75, 3.05) is 19.8 Å². The lowest BCUT2D eigenvalue weighted by molar-refractivity contribution is -0.0558. The van der Waals surface area contributed by atoms with Crippen LogP contribution in [-0.4, -0.2) is 38.1 Å². The van der Waals surface area contributed by atoms with Gasteiger partial charge in [-0.15, -0.1) is 0 Å². The Bertz CT molecular complexity index is 384. The normalized spacial score (nSPS) is 28.5. The molecule has 0 aliphatic heterocycles. The van der Waals surface area contributed by atoms with Crippen LogP contribution in [0, 0.1) is 11.8 Å². The van der Waals surface area contributed by atoms with Crippen LogP contribution in [0.5, 0.6) is 0 Å². The van der Waals surface area contributed by atoms with E-state index in [-0.39, 0.29) is 6.10 Å². The predicted molar refractivity (Wildman–Crippen MR) is 127 cm³/mol. The van der Waals surface area contributed by atoms with Crippen molar-refractivity contribution < 1.29 is 14.2 Å². The average Bonchev–Trinajstić information content (AvgIpc) is 2.78. The van der Waals surface area contributed by atoms with Crippen molar-refractivity contribution in [1.29, 1.82) is 0 Å². The maximum absolute atomic E-state index is 6.20. The van der Waals surface area contributed by atoms with E-state index < -0.39 is 0 Å². The van der Waals surface area contributed by atoms with Crippen LogP contribution in [0.15, 0.2) is 0 Å². The molecule has 2 rings (SSSR count). The average molecular weight is 425 g/mol. The van der Waals surface area contributed by atoms with Crippen LogP contribution in [0.2, 0.25) is 0 Å². The van der Waals surface area contributed by atoms with Crippen LogP contribution in [-0.2, 0) is 14.2 Å². The molecule has 2 saturated carbocycles. The molecule has 2 aliphatic carbocycles. The Morgan fingerprint density at radius 3 is 1.73 bits per heavy atom. The van der Waals surface area contributed by atoms with Crippen LogP contribution >= 0.6 is 0 Å². The molecule has 0 aromatic carbocycles. The van der Waals surface area contributed by atoms with Crippen molar-refractivity contribution in [3.8, 4) is 0 Å². The molecule has 0 saturated heterocycles. The summed E-state index contributed by atoms with van der Waals surface area (Å²) in [6.45, 7) is 9.27. The number of hydrogen-bond acceptors (Lipinski definition) is 3. The third-order valence-corrected chi connectivity index (χ3v) is 7.42. The molecule has 30 heavy (non-hydrogen) atoms. The topological polar surface area (TPSA) is 27.7 Å². The van der Waals surface area contributed by atoms with E-state index in [1.165, 1.54) is 96.3 Å². The van der Waals surface area contributed by atoms with Crippen molar-refractivity contribution in [3.63, 3.8) is 0 Å². The predicted octanol–water partition coefficient (Wildman–Crippen LogP) is 7.70. The van der Waals surface area contributed by atoms with E-state index in [1.54, 1.807) is 0 Å². The zero-order chi connectivity index (χ0) is 21.4. The third kappa shape index (κ3) is 11.0. The van der Waals surface area contributed by atoms with E-state index in [0.717, 1.165) is 38.1 Å². The lowest BCUT2D eigenvalue weighted by atomic mass is 9.72. The summed E-state index contributed by atoms with van der Waals surface area (Å²) in [5.41, 5.74) is 0. The molecule has 2 aliphatic rings. The van der Waals surface area contributed by atoms with Crippen molar-refractivity contribution in [2.24, 2.45) is 11.8 Å². The first-order chi connectivity index (χ1) is 14.7. The highest BCUT2D eigenvalue weighted by Gasteiger charge is 2.31. The second kappa shape index (κ2) is 16.5. The smallest absolute Gasteiger partial charge is 0.0780 e. The summed E-state index contributed by atoms with van der Waals surface area (Å²) >= 11 is 0. The third-order valence-electron chi connectivity index (χ3n) is 7.42. The summed E-state index contributed by atoms with van der Waals surface area (Å²) in [4.78, 5) is 0. The molecule has 0 aromatic heterocycles. The lowest BCUT2D eigenvalue weighted by Crippen LogP contribution is -2.31. The van der Waals surface area contributed by atoms with Crippen molar-refractivity contribution in [2.45, 2.75) is 142 Å². The molecule has 0 heterocycles. The number of unbranched alkanes of at least 4 members (excludes halogenated alkanes) is 6. The highest BCUT2D eigenvalue weighted by atomic mass is 16.5. The van der Waals surface area contributed by atoms with Gasteiger partial charge in [0, 0.05) is 13.2 Å². The molecule has 1 atom stereocenters. The Labute approximate surface area is 188 Å². The number of hydrogen-bond donors (Lipinski definition) is 0. The van der Waals surface area contributed by atoms with E-state index in [4.69, 9.17) is 14.2 Å². The Balaban J connectivity index is 1.48. The second-order valence-corrected chi connectivity index (χ2v) is 10.1. The Morgan fingerprint density at radius 1 is 0.600 bits per heavy atom. The molecule has 0 aromatic rings. The monoisotopic (exact) mass is 424 g/mol. The maximum atomic E-state index is 6.20. The van der Waals surface area contributed by atoms with Gasteiger partial charge in [0.1, 0.15) is 0 Å². The fraction of sp³-hybridized carbons (Fsp3) is 1.00. The highest BCUT2D eigenvalue weighted by Crippen LogP contribution is 2.39. The van der Waals surface area contributed by atoms with Crippen molar-refractivity contribution >= 4 is 0 Å². The molecule has 0 N–H and O–H groups in total. The maximum Gasteiger partial charge on any atom is 0.0780 e. The molecule has 3 nitrogen and oxygen atoms in total. The second-order valence-electron chi connectivity index (χ2n) is 10.1. The first-order valence-electron chi connectivity index (χ1n) is 13.6. The van der Waals surface area contributed by atoms with Crippen LogP contribution in [0.1, 0.15) is 124 Å². The van der Waals surface area contributed by atoms with E-state index in [9.17, 15) is 0 Å². The largest absolute Gasteiger partial charge is 0.378 e. The highest BCUT2D eigenvalue weighted by molar-refractivity contribution is 4.82. The Kier molecular flexibility index (Phi) is 14.4. The first kappa shape index (κ1) is 26.1. The summed E-state index contributed by atoms with van der Waals surface area (Å²) in [5, 5.41) is 0. The summed E-state index contributed by atoms with van der Waals surface area (Å²) in [6.07, 6.45) is 22.3. The van der Waals surface area contributed by atoms with E-state index in [1.807, 2.05) is 0 Å². The van der Waals surface area contributed by atoms with Gasteiger partial charge < -0.3 is 14.2 Å². The molecule has 178 valence electrons. The molecular weight excluding hydrogens is 372 g/mol. The van der Waals surface area contributed by atoms with Crippen LogP contribution in [0.25, 0.3) is 0 Å². The number of rotatable bonds is 16. The van der Waals surface area contributed by atoms with Gasteiger partial charge in [-0.05, 0) is 83.0 Å². The van der Waals surface area contributed by atoms with Gasteiger partial charge >= 0.3 is 0 Å². The van der Waals surface area contributed by atoms with Crippen molar-refractivity contribution in [1.82, 2.24) is 0 Å². The Morgan fingerprint density at radius 2 is 1.13 bits per heavy atom.